The number of nitrogens with one attached hydrogen (secondary N) is 1. The van der Waals surface area contributed by atoms with Crippen LogP contribution < -0.4 is 5.32 Å². The summed E-state index contributed by atoms with van der Waals surface area (Å²) in [5.74, 6) is 0. The van der Waals surface area contributed by atoms with Gasteiger partial charge in [-0.3, -0.25) is 0 Å². The molecule has 9 heavy (non-hydrogen) atoms. The van der Waals surface area contributed by atoms with Crippen molar-refractivity contribution in [2.24, 2.45) is 0 Å². The fourth-order valence-corrected chi connectivity index (χ4v) is 0.604. The zero-order valence-electron chi connectivity index (χ0n) is 6.78. The fourth-order valence-electron chi connectivity index (χ4n) is 0.604. The molecule has 1 N–H and O–H groups in total. The molecule has 0 amide bonds. The normalized spacial score (nSPS) is 10.7. The van der Waals surface area contributed by atoms with Crippen LogP contribution in [0, 0.1) is 0 Å². The van der Waals surface area contributed by atoms with Gasteiger partial charge in [0.05, 0.1) is 0 Å². The average Bonchev–Trinajstić information content (AvgIpc) is 1.80. The Labute approximate surface area is 58.2 Å². The minimum absolute atomic E-state index is 1.11. The van der Waals surface area contributed by atoms with Crippen molar-refractivity contribution in [3.05, 3.63) is 0 Å². The lowest BCUT2D eigenvalue weighted by molar-refractivity contribution is 0.400. The molecule has 0 saturated carbocycles. The summed E-state index contributed by atoms with van der Waals surface area (Å²) in [6.45, 7) is 5.58. The number of likely N-dealkylation sites (N-methyl/N-ethyl adjacent to an activating group) is 1. The van der Waals surface area contributed by atoms with E-state index in [1.807, 2.05) is 0 Å². The van der Waals surface area contributed by atoms with Gasteiger partial charge in [-0.2, -0.15) is 0 Å². The van der Waals surface area contributed by atoms with Gasteiger partial charge in [-0.15, -0.1) is 0 Å². The van der Waals surface area contributed by atoms with E-state index in [2.05, 4.69) is 31.2 Å². The van der Waals surface area contributed by atoms with Crippen LogP contribution in [-0.4, -0.2) is 38.6 Å². The molecule has 0 atom stereocenters. The Morgan fingerprint density at radius 2 is 1.89 bits per heavy atom. The molecule has 0 unspecified atom stereocenters. The van der Waals surface area contributed by atoms with Gasteiger partial charge < -0.3 is 10.2 Å². The second kappa shape index (κ2) is 6.05. The molecular weight excluding hydrogens is 112 g/mol. The van der Waals surface area contributed by atoms with E-state index in [0.29, 0.717) is 0 Å². The molecule has 0 bridgehead atoms. The van der Waals surface area contributed by atoms with Crippen molar-refractivity contribution >= 4 is 0 Å². The van der Waals surface area contributed by atoms with E-state index in [0.717, 1.165) is 19.6 Å². The highest BCUT2D eigenvalue weighted by Crippen LogP contribution is 1.72. The predicted octanol–water partition coefficient (Wildman–Crippen LogP) is 0.548. The lowest BCUT2D eigenvalue weighted by Crippen LogP contribution is -2.26. The first-order chi connectivity index (χ1) is 4.27. The minimum Gasteiger partial charge on any atom is -0.315 e. The van der Waals surface area contributed by atoms with Gasteiger partial charge in [-0.25, -0.2) is 0 Å². The summed E-state index contributed by atoms with van der Waals surface area (Å²) < 4.78 is 0. The standard InChI is InChI=1S/C7H18N2/c1-4-5-8-6-7-9(2)3/h8H,4-7H2,1-3H3. The van der Waals surface area contributed by atoms with Crippen LogP contribution in [0.2, 0.25) is 0 Å². The fraction of sp³-hybridized carbons (Fsp3) is 1.00. The van der Waals surface area contributed by atoms with Crippen molar-refractivity contribution in [2.45, 2.75) is 13.3 Å². The van der Waals surface area contributed by atoms with Gasteiger partial charge >= 0.3 is 0 Å². The average molecular weight is 130 g/mol. The maximum Gasteiger partial charge on any atom is 0.0101 e. The van der Waals surface area contributed by atoms with Gasteiger partial charge in [0, 0.05) is 13.1 Å². The van der Waals surface area contributed by atoms with Crippen LogP contribution in [0.5, 0.6) is 0 Å². The van der Waals surface area contributed by atoms with Gasteiger partial charge in [0.15, 0.2) is 0 Å². The molecule has 0 aromatic carbocycles. The Balaban J connectivity index is 2.75. The highest BCUT2D eigenvalue weighted by Gasteiger charge is 1.86. The Morgan fingerprint density at radius 1 is 1.22 bits per heavy atom. The molecule has 0 heterocycles. The van der Waals surface area contributed by atoms with E-state index < -0.39 is 0 Å². The second-order valence-corrected chi connectivity index (χ2v) is 2.55. The first-order valence-electron chi connectivity index (χ1n) is 3.62. The van der Waals surface area contributed by atoms with Crippen LogP contribution in [0.4, 0.5) is 0 Å². The van der Waals surface area contributed by atoms with E-state index in [9.17, 15) is 0 Å². The first kappa shape index (κ1) is 8.92. The summed E-state index contributed by atoms with van der Waals surface area (Å²) in [6.07, 6.45) is 1.23. The summed E-state index contributed by atoms with van der Waals surface area (Å²) in [5, 5.41) is 3.32. The van der Waals surface area contributed by atoms with Gasteiger partial charge in [-0.05, 0) is 27.1 Å². The molecule has 2 heteroatoms. The third-order valence-corrected chi connectivity index (χ3v) is 1.16. The Kier molecular flexibility index (Phi) is 5.99. The quantitative estimate of drug-likeness (QED) is 0.547. The van der Waals surface area contributed by atoms with Gasteiger partial charge in [0.1, 0.15) is 0 Å². The summed E-state index contributed by atoms with van der Waals surface area (Å²) in [4.78, 5) is 2.18. The van der Waals surface area contributed by atoms with Crippen LogP contribution in [0.15, 0.2) is 0 Å². The van der Waals surface area contributed by atoms with E-state index >= 15 is 0 Å². The molecular formula is C7H18N2. The molecule has 0 fully saturated rings. The smallest absolute Gasteiger partial charge is 0.0101 e. The number of hydrogen-bond acceptors (Lipinski definition) is 2. The Hall–Kier alpha value is -0.0800. The molecule has 0 radical (unpaired) electrons. The molecule has 2 nitrogen and oxygen atoms in total. The van der Waals surface area contributed by atoms with E-state index in [1.165, 1.54) is 6.42 Å². The van der Waals surface area contributed by atoms with Crippen molar-refractivity contribution in [3.8, 4) is 0 Å². The van der Waals surface area contributed by atoms with Gasteiger partial charge in [0.2, 0.25) is 0 Å². The van der Waals surface area contributed by atoms with Crippen molar-refractivity contribution in [3.63, 3.8) is 0 Å². The molecule has 0 saturated heterocycles. The molecule has 0 rings (SSSR count). The Morgan fingerprint density at radius 3 is 2.33 bits per heavy atom. The molecule has 0 aromatic heterocycles. The summed E-state index contributed by atoms with van der Waals surface area (Å²) >= 11 is 0. The van der Waals surface area contributed by atoms with Crippen LogP contribution >= 0.6 is 0 Å². The third-order valence-electron chi connectivity index (χ3n) is 1.16. The zero-order valence-corrected chi connectivity index (χ0v) is 6.78. The highest BCUT2D eigenvalue weighted by atomic mass is 15.1. The van der Waals surface area contributed by atoms with E-state index in [4.69, 9.17) is 0 Å². The molecule has 0 aliphatic carbocycles. The largest absolute Gasteiger partial charge is 0.315 e. The zero-order chi connectivity index (χ0) is 7.11. The van der Waals surface area contributed by atoms with E-state index in [1.54, 1.807) is 0 Å². The summed E-state index contributed by atoms with van der Waals surface area (Å²) in [7, 11) is 4.18. The Bertz CT molecular complexity index is 52.9. The van der Waals surface area contributed by atoms with Crippen LogP contribution in [0.25, 0.3) is 0 Å². The monoisotopic (exact) mass is 130 g/mol. The summed E-state index contributed by atoms with van der Waals surface area (Å²) in [5.41, 5.74) is 0. The number of rotatable bonds is 5. The number of hydrogen-bond donors (Lipinski definition) is 1. The lowest BCUT2D eigenvalue weighted by atomic mass is 10.4. The van der Waals surface area contributed by atoms with Gasteiger partial charge in [0.25, 0.3) is 0 Å². The van der Waals surface area contributed by atoms with Crippen molar-refractivity contribution in [2.75, 3.05) is 33.7 Å². The van der Waals surface area contributed by atoms with Crippen molar-refractivity contribution < 1.29 is 0 Å². The van der Waals surface area contributed by atoms with Crippen LogP contribution in [-0.2, 0) is 0 Å². The third kappa shape index (κ3) is 7.92. The number of nitrogens with zero attached hydrogens (tertiary/aromatic N) is 1. The maximum atomic E-state index is 3.32. The van der Waals surface area contributed by atoms with Crippen molar-refractivity contribution in [1.82, 2.24) is 10.2 Å². The van der Waals surface area contributed by atoms with Crippen LogP contribution in [0.3, 0.4) is 0 Å². The molecule has 0 aliphatic heterocycles. The van der Waals surface area contributed by atoms with Gasteiger partial charge in [-0.1, -0.05) is 6.92 Å². The predicted molar refractivity (Wildman–Crippen MR) is 41.7 cm³/mol. The van der Waals surface area contributed by atoms with Crippen molar-refractivity contribution in [1.29, 1.82) is 0 Å². The van der Waals surface area contributed by atoms with Crippen LogP contribution in [0.1, 0.15) is 13.3 Å². The molecule has 56 valence electrons. The molecule has 0 spiro atoms. The molecule has 0 aliphatic rings. The molecule has 0 aromatic rings. The second-order valence-electron chi connectivity index (χ2n) is 2.55. The first-order valence-corrected chi connectivity index (χ1v) is 3.62. The van der Waals surface area contributed by atoms with E-state index in [-0.39, 0.29) is 0 Å². The SMILES string of the molecule is CCCNCCN(C)C. The lowest BCUT2D eigenvalue weighted by Gasteiger charge is -2.08. The minimum atomic E-state index is 1.11. The maximum absolute atomic E-state index is 3.32. The summed E-state index contributed by atoms with van der Waals surface area (Å²) in [6, 6.07) is 0. The highest BCUT2D eigenvalue weighted by molar-refractivity contribution is 4.48. The topological polar surface area (TPSA) is 15.3 Å².